The Morgan fingerprint density at radius 2 is 2.00 bits per heavy atom. The van der Waals surface area contributed by atoms with Crippen LogP contribution in [0, 0.1) is 0 Å². The molecule has 1 aromatic carbocycles. The summed E-state index contributed by atoms with van der Waals surface area (Å²) in [5.41, 5.74) is 4.68. The van der Waals surface area contributed by atoms with Crippen LogP contribution in [0.3, 0.4) is 0 Å². The maximum atomic E-state index is 13.1. The molecule has 0 aliphatic carbocycles. The molecule has 1 atom stereocenters. The summed E-state index contributed by atoms with van der Waals surface area (Å²) in [5.74, 6) is 0.867. The largest absolute Gasteiger partial charge is 0.380 e. The highest BCUT2D eigenvalue weighted by atomic mass is 16.5. The molecule has 1 amide bonds. The molecule has 4 rings (SSSR count). The second-order valence-electron chi connectivity index (χ2n) is 8.13. The number of aromatic nitrogens is 4. The van der Waals surface area contributed by atoms with Gasteiger partial charge in [0.1, 0.15) is 0 Å². The van der Waals surface area contributed by atoms with Gasteiger partial charge in [0.15, 0.2) is 0 Å². The molecular weight excluding hydrogens is 392 g/mol. The number of amides is 1. The molecule has 1 saturated heterocycles. The molecule has 0 spiro atoms. The third-order valence-corrected chi connectivity index (χ3v) is 5.60. The van der Waals surface area contributed by atoms with Gasteiger partial charge < -0.3 is 14.5 Å². The first-order valence-electron chi connectivity index (χ1n) is 10.4. The molecule has 2 aromatic heterocycles. The average molecular weight is 421 g/mol. The average Bonchev–Trinajstić information content (AvgIpc) is 3.43. The number of aryl methyl sites for hydroxylation is 1. The number of carbonyl (C=O) groups is 1. The molecule has 1 aliphatic heterocycles. The number of nitrogens with zero attached hydrogens (tertiary/aromatic N) is 6. The molecule has 1 aliphatic rings. The van der Waals surface area contributed by atoms with E-state index in [1.165, 1.54) is 0 Å². The number of anilines is 1. The zero-order valence-corrected chi connectivity index (χ0v) is 18.4. The lowest BCUT2D eigenvalue weighted by Gasteiger charge is -2.19. The van der Waals surface area contributed by atoms with Gasteiger partial charge in [-0.3, -0.25) is 9.48 Å². The zero-order chi connectivity index (χ0) is 22.0. The van der Waals surface area contributed by atoms with Crippen molar-refractivity contribution in [2.45, 2.75) is 18.9 Å². The highest BCUT2D eigenvalue weighted by Gasteiger charge is 2.31. The van der Waals surface area contributed by atoms with Gasteiger partial charge in [-0.15, -0.1) is 0 Å². The molecule has 0 radical (unpaired) electrons. The van der Waals surface area contributed by atoms with E-state index in [-0.39, 0.29) is 11.8 Å². The molecule has 162 valence electrons. The van der Waals surface area contributed by atoms with Crippen LogP contribution in [0.25, 0.3) is 11.1 Å². The normalized spacial score (nSPS) is 16.0. The van der Waals surface area contributed by atoms with Crippen molar-refractivity contribution in [3.8, 4) is 11.1 Å². The van der Waals surface area contributed by atoms with Crippen molar-refractivity contribution >= 4 is 11.9 Å². The van der Waals surface area contributed by atoms with E-state index in [1.54, 1.807) is 11.8 Å². The third kappa shape index (κ3) is 4.44. The summed E-state index contributed by atoms with van der Waals surface area (Å²) < 4.78 is 6.92. The summed E-state index contributed by atoms with van der Waals surface area (Å²) in [6, 6.07) is 7.64. The molecular formula is C23H28N6O2. The Bertz CT molecular complexity index is 1060. The van der Waals surface area contributed by atoms with Crippen LogP contribution in [0.2, 0.25) is 0 Å². The smallest absolute Gasteiger partial charge is 0.253 e. The number of rotatable bonds is 6. The summed E-state index contributed by atoms with van der Waals surface area (Å²) >= 11 is 0. The van der Waals surface area contributed by atoms with Gasteiger partial charge in [0.25, 0.3) is 5.91 Å². The van der Waals surface area contributed by atoms with E-state index in [1.807, 2.05) is 73.8 Å². The Morgan fingerprint density at radius 1 is 1.23 bits per heavy atom. The molecule has 8 heteroatoms. The Kier molecular flexibility index (Phi) is 5.99. The third-order valence-electron chi connectivity index (χ3n) is 5.60. The zero-order valence-electron chi connectivity index (χ0n) is 18.4. The number of likely N-dealkylation sites (tertiary alicyclic amines) is 1. The molecule has 0 unspecified atom stereocenters. The van der Waals surface area contributed by atoms with Crippen LogP contribution in [-0.4, -0.2) is 64.9 Å². The summed E-state index contributed by atoms with van der Waals surface area (Å²) in [5, 5.41) is 4.30. The minimum absolute atomic E-state index is 0.0521. The van der Waals surface area contributed by atoms with E-state index >= 15 is 0 Å². The summed E-state index contributed by atoms with van der Waals surface area (Å²) in [7, 11) is 7.42. The SMILES string of the molecule is COCc1ccc(C(=O)N2CC[C@@H](c3nc(N(C)C)ncc3-c3cnn(C)c3)C2)cc1. The van der Waals surface area contributed by atoms with Crippen molar-refractivity contribution in [3.63, 3.8) is 0 Å². The topological polar surface area (TPSA) is 76.4 Å². The van der Waals surface area contributed by atoms with Gasteiger partial charge >= 0.3 is 0 Å². The van der Waals surface area contributed by atoms with Crippen LogP contribution in [-0.2, 0) is 18.4 Å². The van der Waals surface area contributed by atoms with Gasteiger partial charge in [-0.2, -0.15) is 5.10 Å². The molecule has 3 aromatic rings. The number of carbonyl (C=O) groups excluding carboxylic acids is 1. The lowest BCUT2D eigenvalue weighted by Crippen LogP contribution is -2.28. The van der Waals surface area contributed by atoms with Crippen molar-refractivity contribution in [1.82, 2.24) is 24.6 Å². The fourth-order valence-corrected chi connectivity index (χ4v) is 3.96. The van der Waals surface area contributed by atoms with Crippen molar-refractivity contribution in [3.05, 3.63) is 59.7 Å². The van der Waals surface area contributed by atoms with Gasteiger partial charge in [-0.05, 0) is 24.1 Å². The first kappa shape index (κ1) is 21.0. The van der Waals surface area contributed by atoms with Gasteiger partial charge in [0, 0.05) is 76.3 Å². The predicted molar refractivity (Wildman–Crippen MR) is 119 cm³/mol. The second-order valence-corrected chi connectivity index (χ2v) is 8.13. The van der Waals surface area contributed by atoms with E-state index in [0.29, 0.717) is 31.2 Å². The van der Waals surface area contributed by atoms with Crippen molar-refractivity contribution in [2.24, 2.45) is 7.05 Å². The number of benzene rings is 1. The van der Waals surface area contributed by atoms with Crippen LogP contribution < -0.4 is 4.90 Å². The standard InChI is InChI=1S/C23H28N6O2/c1-27(2)23-24-12-20(19-11-25-28(3)13-19)21(26-23)18-9-10-29(14-18)22(30)17-7-5-16(6-8-17)15-31-4/h5-8,11-13,18H,9-10,14-15H2,1-4H3/t18-/m1/s1. The van der Waals surface area contributed by atoms with Crippen LogP contribution >= 0.6 is 0 Å². The van der Waals surface area contributed by atoms with Gasteiger partial charge in [0.05, 0.1) is 18.5 Å². The van der Waals surface area contributed by atoms with Crippen LogP contribution in [0.4, 0.5) is 5.95 Å². The van der Waals surface area contributed by atoms with Crippen LogP contribution in [0.5, 0.6) is 0 Å². The fraction of sp³-hybridized carbons (Fsp3) is 0.391. The van der Waals surface area contributed by atoms with E-state index in [4.69, 9.17) is 9.72 Å². The lowest BCUT2D eigenvalue weighted by molar-refractivity contribution is 0.0790. The van der Waals surface area contributed by atoms with E-state index in [0.717, 1.165) is 28.8 Å². The Labute approximate surface area is 182 Å². The fourth-order valence-electron chi connectivity index (χ4n) is 3.96. The number of ether oxygens (including phenoxy) is 1. The Balaban J connectivity index is 1.58. The minimum Gasteiger partial charge on any atom is -0.380 e. The Morgan fingerprint density at radius 3 is 2.65 bits per heavy atom. The van der Waals surface area contributed by atoms with E-state index < -0.39 is 0 Å². The lowest BCUT2D eigenvalue weighted by atomic mass is 9.97. The first-order valence-corrected chi connectivity index (χ1v) is 10.4. The molecule has 3 heterocycles. The molecule has 0 saturated carbocycles. The molecule has 1 fully saturated rings. The number of hydrogen-bond donors (Lipinski definition) is 0. The van der Waals surface area contributed by atoms with Crippen LogP contribution in [0.15, 0.2) is 42.9 Å². The summed E-state index contributed by atoms with van der Waals surface area (Å²) in [6.45, 7) is 1.88. The van der Waals surface area contributed by atoms with E-state index in [9.17, 15) is 4.79 Å². The van der Waals surface area contributed by atoms with E-state index in [2.05, 4.69) is 10.1 Å². The molecule has 0 N–H and O–H groups in total. The Hall–Kier alpha value is -3.26. The van der Waals surface area contributed by atoms with Crippen LogP contribution in [0.1, 0.15) is 34.0 Å². The maximum Gasteiger partial charge on any atom is 0.253 e. The van der Waals surface area contributed by atoms with Crippen molar-refractivity contribution in [1.29, 1.82) is 0 Å². The van der Waals surface area contributed by atoms with Crippen molar-refractivity contribution < 1.29 is 9.53 Å². The van der Waals surface area contributed by atoms with Crippen molar-refractivity contribution in [2.75, 3.05) is 39.2 Å². The highest BCUT2D eigenvalue weighted by Crippen LogP contribution is 2.34. The summed E-state index contributed by atoms with van der Waals surface area (Å²) in [6.07, 6.45) is 6.53. The second kappa shape index (κ2) is 8.85. The molecule has 0 bridgehead atoms. The molecule has 8 nitrogen and oxygen atoms in total. The summed E-state index contributed by atoms with van der Waals surface area (Å²) in [4.78, 5) is 26.3. The predicted octanol–water partition coefficient (Wildman–Crippen LogP) is 2.72. The molecule has 31 heavy (non-hydrogen) atoms. The maximum absolute atomic E-state index is 13.1. The minimum atomic E-state index is 0.0521. The highest BCUT2D eigenvalue weighted by molar-refractivity contribution is 5.94. The van der Waals surface area contributed by atoms with Gasteiger partial charge in [-0.25, -0.2) is 9.97 Å². The quantitative estimate of drug-likeness (QED) is 0.610. The monoisotopic (exact) mass is 420 g/mol. The van der Waals surface area contributed by atoms with Gasteiger partial charge in [-0.1, -0.05) is 12.1 Å². The first-order chi connectivity index (χ1) is 15.0. The van der Waals surface area contributed by atoms with Gasteiger partial charge in [0.2, 0.25) is 5.95 Å². The number of methoxy groups -OCH3 is 1. The number of hydrogen-bond acceptors (Lipinski definition) is 6.